The molecule has 0 spiro atoms. The summed E-state index contributed by atoms with van der Waals surface area (Å²) in [5.41, 5.74) is -1.47. The van der Waals surface area contributed by atoms with E-state index in [4.69, 9.17) is 18.9 Å². The quantitative estimate of drug-likeness (QED) is 0.0799. The summed E-state index contributed by atoms with van der Waals surface area (Å²) in [6.07, 6.45) is 0.852. The van der Waals surface area contributed by atoms with Crippen LogP contribution < -0.4 is 10.2 Å². The van der Waals surface area contributed by atoms with Crippen LogP contribution in [0.3, 0.4) is 0 Å². The topological polar surface area (TPSA) is 185 Å². The second-order valence-corrected chi connectivity index (χ2v) is 10.5. The molecule has 0 aliphatic carbocycles. The van der Waals surface area contributed by atoms with Crippen LogP contribution in [-0.2, 0) is 47.7 Å². The maximum Gasteiger partial charge on any atom is 2.00 e. The van der Waals surface area contributed by atoms with Crippen LogP contribution in [0.25, 0.3) is 0 Å². The van der Waals surface area contributed by atoms with E-state index in [1.165, 1.54) is 27.7 Å². The number of hydrogen-bond acceptors (Lipinski definition) is 12. The third kappa shape index (κ3) is 17.9. The average Bonchev–Trinajstić information content (AvgIpc) is 2.94. The molecular formula is C32H46CaO12. The number of carboxylic acids is 2. The van der Waals surface area contributed by atoms with Gasteiger partial charge in [0.15, 0.2) is 0 Å². The van der Waals surface area contributed by atoms with E-state index in [0.717, 1.165) is 0 Å². The van der Waals surface area contributed by atoms with Crippen LogP contribution in [0.4, 0.5) is 0 Å². The second kappa shape index (κ2) is 23.4. The summed E-state index contributed by atoms with van der Waals surface area (Å²) in [5, 5.41) is 22.9. The zero-order valence-electron chi connectivity index (χ0n) is 27.5. The van der Waals surface area contributed by atoms with Crippen molar-refractivity contribution in [1.82, 2.24) is 0 Å². The standard InChI is InChI=1S/2C16H24O6.Ca/c2*1-6-16(15(19)20,7-9-21-13(17)11(2)3)8-10-22-14(18)12(4)5;/h2*2,4,6-10H2,1,3,5H3,(H,19,20);/q;;+2/p-2. The van der Waals surface area contributed by atoms with Gasteiger partial charge in [-0.15, -0.1) is 0 Å². The van der Waals surface area contributed by atoms with E-state index >= 15 is 0 Å². The number of carbonyl (C=O) groups excluding carboxylic acids is 6. The van der Waals surface area contributed by atoms with Crippen molar-refractivity contribution < 1.29 is 57.9 Å². The van der Waals surface area contributed by atoms with Crippen molar-refractivity contribution in [3.05, 3.63) is 48.6 Å². The molecule has 13 heteroatoms. The van der Waals surface area contributed by atoms with E-state index in [1.54, 1.807) is 13.8 Å². The van der Waals surface area contributed by atoms with Gasteiger partial charge in [-0.1, -0.05) is 40.2 Å². The molecule has 45 heavy (non-hydrogen) atoms. The van der Waals surface area contributed by atoms with Gasteiger partial charge < -0.3 is 38.7 Å². The molecule has 0 aromatic rings. The van der Waals surface area contributed by atoms with Gasteiger partial charge in [-0.05, 0) is 66.2 Å². The van der Waals surface area contributed by atoms with Crippen LogP contribution in [0.2, 0.25) is 0 Å². The molecular weight excluding hydrogens is 616 g/mol. The summed E-state index contributed by atoms with van der Waals surface area (Å²) in [4.78, 5) is 68.1. The third-order valence-electron chi connectivity index (χ3n) is 6.87. The van der Waals surface area contributed by atoms with Crippen LogP contribution in [-0.4, -0.2) is 100.0 Å². The number of hydrogen-bond donors (Lipinski definition) is 0. The molecule has 0 radical (unpaired) electrons. The fourth-order valence-corrected chi connectivity index (χ4v) is 3.50. The Labute approximate surface area is 295 Å². The maximum absolute atomic E-state index is 11.4. The Morgan fingerprint density at radius 1 is 0.489 bits per heavy atom. The smallest absolute Gasteiger partial charge is 0.550 e. The molecule has 0 unspecified atom stereocenters. The van der Waals surface area contributed by atoms with Gasteiger partial charge >= 0.3 is 61.6 Å². The minimum absolute atomic E-state index is 0. The number of aliphatic carboxylic acids is 2. The van der Waals surface area contributed by atoms with E-state index in [9.17, 15) is 39.0 Å². The van der Waals surface area contributed by atoms with E-state index in [2.05, 4.69) is 26.3 Å². The first-order valence-electron chi connectivity index (χ1n) is 14.1. The summed E-state index contributed by atoms with van der Waals surface area (Å²) < 4.78 is 19.7. The summed E-state index contributed by atoms with van der Waals surface area (Å²) in [6, 6.07) is 0. The van der Waals surface area contributed by atoms with Gasteiger partial charge in [-0.25, -0.2) is 19.2 Å². The molecule has 0 N–H and O–H groups in total. The number of carbonyl (C=O) groups is 6. The predicted octanol–water partition coefficient (Wildman–Crippen LogP) is 1.92. The van der Waals surface area contributed by atoms with Gasteiger partial charge in [-0.2, -0.15) is 0 Å². The van der Waals surface area contributed by atoms with Crippen molar-refractivity contribution in [2.75, 3.05) is 26.4 Å². The molecule has 0 saturated carbocycles. The molecule has 0 aliphatic heterocycles. The van der Waals surface area contributed by atoms with E-state index < -0.39 is 46.6 Å². The van der Waals surface area contributed by atoms with Crippen molar-refractivity contribution in [3.63, 3.8) is 0 Å². The Bertz CT molecular complexity index is 955. The van der Waals surface area contributed by atoms with E-state index in [1.807, 2.05) is 0 Å². The van der Waals surface area contributed by atoms with Crippen LogP contribution in [0.15, 0.2) is 48.6 Å². The summed E-state index contributed by atoms with van der Waals surface area (Å²) >= 11 is 0. The maximum atomic E-state index is 11.4. The third-order valence-corrected chi connectivity index (χ3v) is 6.87. The van der Waals surface area contributed by atoms with E-state index in [-0.39, 0.29) is 125 Å². The Morgan fingerprint density at radius 3 is 0.778 bits per heavy atom. The number of carboxylic acid groups (broad SMARTS) is 2. The fraction of sp³-hybridized carbons (Fsp3) is 0.562. The monoisotopic (exact) mass is 662 g/mol. The molecule has 0 amide bonds. The number of rotatable bonds is 20. The average molecular weight is 663 g/mol. The van der Waals surface area contributed by atoms with Gasteiger partial charge in [-0.3, -0.25) is 0 Å². The molecule has 0 bridgehead atoms. The first kappa shape index (κ1) is 46.5. The van der Waals surface area contributed by atoms with Crippen molar-refractivity contribution in [2.24, 2.45) is 10.8 Å². The van der Waals surface area contributed by atoms with Crippen molar-refractivity contribution in [3.8, 4) is 0 Å². The van der Waals surface area contributed by atoms with Gasteiger partial charge in [0.1, 0.15) is 0 Å². The van der Waals surface area contributed by atoms with Crippen LogP contribution >= 0.6 is 0 Å². The molecule has 0 heterocycles. The molecule has 0 aliphatic rings. The van der Waals surface area contributed by atoms with Crippen molar-refractivity contribution in [1.29, 1.82) is 0 Å². The fourth-order valence-electron chi connectivity index (χ4n) is 3.50. The number of ether oxygens (including phenoxy) is 4. The normalized spacial score (nSPS) is 10.4. The molecule has 0 rings (SSSR count). The molecule has 12 nitrogen and oxygen atoms in total. The Balaban J connectivity index is -0.000000767. The molecule has 0 aromatic carbocycles. The summed E-state index contributed by atoms with van der Waals surface area (Å²) in [5.74, 6) is -4.80. The minimum Gasteiger partial charge on any atom is -0.550 e. The van der Waals surface area contributed by atoms with Crippen LogP contribution in [0.5, 0.6) is 0 Å². The van der Waals surface area contributed by atoms with Crippen molar-refractivity contribution in [2.45, 2.75) is 80.1 Å². The van der Waals surface area contributed by atoms with E-state index in [0.29, 0.717) is 0 Å². The predicted molar refractivity (Wildman–Crippen MR) is 163 cm³/mol. The first-order chi connectivity index (χ1) is 20.3. The SMILES string of the molecule is C=C(C)C(=O)OCCC(CC)(CCOC(=O)C(=C)C)C(=O)[O-].C=C(C)C(=O)OCCC(CC)(CCOC(=O)C(=C)C)C(=O)[O-].[Ca+2]. The first-order valence-corrected chi connectivity index (χ1v) is 14.1. The molecule has 0 aromatic heterocycles. The summed E-state index contributed by atoms with van der Waals surface area (Å²) in [7, 11) is 0. The zero-order valence-corrected chi connectivity index (χ0v) is 29.7. The molecule has 248 valence electrons. The molecule has 0 fully saturated rings. The second-order valence-electron chi connectivity index (χ2n) is 10.5. The molecule has 0 atom stereocenters. The van der Waals surface area contributed by atoms with Gasteiger partial charge in [0.25, 0.3) is 0 Å². The van der Waals surface area contributed by atoms with Crippen LogP contribution in [0, 0.1) is 10.8 Å². The zero-order chi connectivity index (χ0) is 34.7. The van der Waals surface area contributed by atoms with Crippen LogP contribution in [0.1, 0.15) is 80.1 Å². The van der Waals surface area contributed by atoms with Gasteiger partial charge in [0.2, 0.25) is 0 Å². The van der Waals surface area contributed by atoms with Gasteiger partial charge in [0, 0.05) is 45.1 Å². The Kier molecular flexibility index (Phi) is 24.1. The Hall–Kier alpha value is -2.96. The summed E-state index contributed by atoms with van der Waals surface area (Å²) in [6.45, 7) is 22.9. The Morgan fingerprint density at radius 2 is 0.667 bits per heavy atom. The van der Waals surface area contributed by atoms with Gasteiger partial charge in [0.05, 0.1) is 26.4 Å². The number of esters is 4. The largest absolute Gasteiger partial charge is 2.00 e. The molecule has 0 saturated heterocycles. The minimum atomic E-state index is -1.26. The van der Waals surface area contributed by atoms with Crippen molar-refractivity contribution >= 4 is 73.6 Å².